The maximum atomic E-state index is 13.3. The lowest BCUT2D eigenvalue weighted by Gasteiger charge is -2.26. The molecule has 33 heavy (non-hydrogen) atoms. The number of imide groups is 2. The molecule has 1 fully saturated rings. The number of barbiturate groups is 1. The summed E-state index contributed by atoms with van der Waals surface area (Å²) in [6.07, 6.45) is 2.55. The van der Waals surface area contributed by atoms with Crippen LogP contribution in [0.1, 0.15) is 48.7 Å². The fourth-order valence-corrected chi connectivity index (χ4v) is 4.14. The van der Waals surface area contributed by atoms with E-state index >= 15 is 0 Å². The highest BCUT2D eigenvalue weighted by atomic mass is 16.2. The molecule has 2 heterocycles. The predicted octanol–water partition coefficient (Wildman–Crippen LogP) is 5.27. The lowest BCUT2D eigenvalue weighted by Crippen LogP contribution is -2.54. The molecule has 6 heteroatoms. The van der Waals surface area contributed by atoms with E-state index in [9.17, 15) is 14.4 Å². The van der Waals surface area contributed by atoms with Crippen LogP contribution in [-0.4, -0.2) is 22.4 Å². The highest BCUT2D eigenvalue weighted by Crippen LogP contribution is 2.27. The minimum absolute atomic E-state index is 0.0751. The standard InChI is InChI=1S/C27H27N3O3/c1-5-17(2)20-11-13-23(14-12-20)30-26(32)24(25(31)28-27(30)33)16-21-15-18(3)29(19(21)4)22-9-7-6-8-10-22/h6-17H,5H2,1-4H3,(H,28,31,33)/b24-16+/t17-/m1/s1. The first kappa shape index (κ1) is 22.3. The summed E-state index contributed by atoms with van der Waals surface area (Å²) >= 11 is 0. The number of nitrogens with one attached hydrogen (secondary N) is 1. The highest BCUT2D eigenvalue weighted by molar-refractivity contribution is 6.39. The van der Waals surface area contributed by atoms with E-state index in [1.807, 2.05) is 62.4 Å². The normalized spacial score (nSPS) is 16.3. The number of aryl methyl sites for hydroxylation is 1. The number of urea groups is 1. The summed E-state index contributed by atoms with van der Waals surface area (Å²) in [7, 11) is 0. The Balaban J connectivity index is 1.71. The van der Waals surface area contributed by atoms with Gasteiger partial charge in [-0.25, -0.2) is 9.69 Å². The van der Waals surface area contributed by atoms with Crippen LogP contribution in [0.25, 0.3) is 11.8 Å². The Morgan fingerprint density at radius 1 is 0.939 bits per heavy atom. The lowest BCUT2D eigenvalue weighted by atomic mass is 9.98. The topological polar surface area (TPSA) is 71.4 Å². The van der Waals surface area contributed by atoms with Crippen molar-refractivity contribution in [3.8, 4) is 5.69 Å². The average Bonchev–Trinajstić information content (AvgIpc) is 3.09. The molecule has 0 radical (unpaired) electrons. The van der Waals surface area contributed by atoms with Gasteiger partial charge in [0.15, 0.2) is 0 Å². The van der Waals surface area contributed by atoms with E-state index in [0.29, 0.717) is 11.6 Å². The van der Waals surface area contributed by atoms with Crippen LogP contribution in [0.2, 0.25) is 0 Å². The minimum atomic E-state index is -0.742. The number of benzene rings is 2. The number of para-hydroxylation sites is 1. The molecule has 1 saturated heterocycles. The van der Waals surface area contributed by atoms with Gasteiger partial charge in [-0.05, 0) is 73.7 Å². The number of carbonyl (C=O) groups excluding carboxylic acids is 3. The molecule has 1 aliphatic rings. The van der Waals surface area contributed by atoms with Crippen molar-refractivity contribution < 1.29 is 14.4 Å². The van der Waals surface area contributed by atoms with Crippen LogP contribution in [0, 0.1) is 13.8 Å². The average molecular weight is 442 g/mol. The second kappa shape index (κ2) is 8.90. The van der Waals surface area contributed by atoms with Gasteiger partial charge in [-0.3, -0.25) is 14.9 Å². The van der Waals surface area contributed by atoms with E-state index < -0.39 is 17.8 Å². The van der Waals surface area contributed by atoms with E-state index in [1.165, 1.54) is 0 Å². The molecule has 0 spiro atoms. The van der Waals surface area contributed by atoms with Crippen LogP contribution in [-0.2, 0) is 9.59 Å². The summed E-state index contributed by atoms with van der Waals surface area (Å²) in [4.78, 5) is 39.4. The van der Waals surface area contributed by atoms with Gasteiger partial charge in [-0.2, -0.15) is 0 Å². The first-order chi connectivity index (χ1) is 15.8. The number of amides is 4. The maximum Gasteiger partial charge on any atom is 0.335 e. The van der Waals surface area contributed by atoms with E-state index in [-0.39, 0.29) is 5.57 Å². The van der Waals surface area contributed by atoms with Gasteiger partial charge in [0.25, 0.3) is 11.8 Å². The van der Waals surface area contributed by atoms with E-state index in [2.05, 4.69) is 23.7 Å². The first-order valence-electron chi connectivity index (χ1n) is 11.1. The molecule has 6 nitrogen and oxygen atoms in total. The Morgan fingerprint density at radius 2 is 1.61 bits per heavy atom. The number of carbonyl (C=O) groups is 3. The Morgan fingerprint density at radius 3 is 2.24 bits per heavy atom. The molecule has 0 aliphatic carbocycles. The zero-order valence-corrected chi connectivity index (χ0v) is 19.3. The minimum Gasteiger partial charge on any atom is -0.318 e. The van der Waals surface area contributed by atoms with Crippen molar-refractivity contribution in [2.24, 2.45) is 0 Å². The molecule has 4 amide bonds. The summed E-state index contributed by atoms with van der Waals surface area (Å²) in [5, 5.41) is 2.30. The van der Waals surface area contributed by atoms with Gasteiger partial charge >= 0.3 is 6.03 Å². The molecular weight excluding hydrogens is 414 g/mol. The molecule has 3 aromatic rings. The molecule has 1 aromatic heterocycles. The second-order valence-electron chi connectivity index (χ2n) is 8.36. The van der Waals surface area contributed by atoms with E-state index in [1.54, 1.807) is 18.2 Å². The summed E-state index contributed by atoms with van der Waals surface area (Å²) in [5.74, 6) is -0.951. The summed E-state index contributed by atoms with van der Waals surface area (Å²) < 4.78 is 2.06. The van der Waals surface area contributed by atoms with Crippen molar-refractivity contribution in [2.75, 3.05) is 4.90 Å². The van der Waals surface area contributed by atoms with Gasteiger partial charge in [-0.15, -0.1) is 0 Å². The zero-order valence-electron chi connectivity index (χ0n) is 19.3. The van der Waals surface area contributed by atoms with Crippen molar-refractivity contribution in [3.05, 3.63) is 88.8 Å². The van der Waals surface area contributed by atoms with E-state index in [4.69, 9.17) is 0 Å². The smallest absolute Gasteiger partial charge is 0.318 e. The third-order valence-corrected chi connectivity index (χ3v) is 6.22. The Hall–Kier alpha value is -3.93. The SMILES string of the molecule is CC[C@@H](C)c1ccc(N2C(=O)NC(=O)/C(=C\c3cc(C)n(-c4ccccc4)c3C)C2=O)cc1. The highest BCUT2D eigenvalue weighted by Gasteiger charge is 2.37. The van der Waals surface area contributed by atoms with Crippen LogP contribution in [0.5, 0.6) is 0 Å². The second-order valence-corrected chi connectivity index (χ2v) is 8.36. The van der Waals surface area contributed by atoms with Gasteiger partial charge in [0.1, 0.15) is 5.57 Å². The molecule has 0 unspecified atom stereocenters. The van der Waals surface area contributed by atoms with Gasteiger partial charge < -0.3 is 4.57 Å². The van der Waals surface area contributed by atoms with Crippen molar-refractivity contribution in [1.82, 2.24) is 9.88 Å². The van der Waals surface area contributed by atoms with Crippen molar-refractivity contribution in [1.29, 1.82) is 0 Å². The zero-order chi connectivity index (χ0) is 23.7. The number of aromatic nitrogens is 1. The molecule has 1 aliphatic heterocycles. The summed E-state index contributed by atoms with van der Waals surface area (Å²) in [6.45, 7) is 8.14. The predicted molar refractivity (Wildman–Crippen MR) is 129 cm³/mol. The monoisotopic (exact) mass is 441 g/mol. The van der Waals surface area contributed by atoms with Gasteiger partial charge in [0.05, 0.1) is 5.69 Å². The van der Waals surface area contributed by atoms with Crippen LogP contribution >= 0.6 is 0 Å². The van der Waals surface area contributed by atoms with Gasteiger partial charge in [0.2, 0.25) is 0 Å². The van der Waals surface area contributed by atoms with Gasteiger partial charge in [-0.1, -0.05) is 44.2 Å². The molecule has 2 aromatic carbocycles. The fraction of sp³-hybridized carbons (Fsp3) is 0.222. The third kappa shape index (κ3) is 4.12. The Labute approximate surface area is 193 Å². The van der Waals surface area contributed by atoms with Gasteiger partial charge in [0, 0.05) is 17.1 Å². The van der Waals surface area contributed by atoms with Crippen LogP contribution in [0.3, 0.4) is 0 Å². The number of hydrogen-bond acceptors (Lipinski definition) is 3. The molecule has 0 bridgehead atoms. The van der Waals surface area contributed by atoms with Crippen LogP contribution in [0.15, 0.2) is 66.2 Å². The first-order valence-corrected chi connectivity index (χ1v) is 11.1. The molecule has 4 rings (SSSR count). The van der Waals surface area contributed by atoms with Crippen molar-refractivity contribution >= 4 is 29.6 Å². The quantitative estimate of drug-likeness (QED) is 0.433. The Kier molecular flexibility index (Phi) is 6.01. The van der Waals surface area contributed by atoms with Crippen LogP contribution in [0.4, 0.5) is 10.5 Å². The van der Waals surface area contributed by atoms with Crippen molar-refractivity contribution in [3.63, 3.8) is 0 Å². The molecule has 1 N–H and O–H groups in total. The van der Waals surface area contributed by atoms with Crippen LogP contribution < -0.4 is 10.2 Å². The van der Waals surface area contributed by atoms with E-state index in [0.717, 1.165) is 39.5 Å². The number of hydrogen-bond donors (Lipinski definition) is 1. The maximum absolute atomic E-state index is 13.3. The summed E-state index contributed by atoms with van der Waals surface area (Å²) in [6, 6.07) is 18.4. The number of anilines is 1. The molecule has 168 valence electrons. The molecular formula is C27H27N3O3. The van der Waals surface area contributed by atoms with Crippen molar-refractivity contribution in [2.45, 2.75) is 40.0 Å². The summed E-state index contributed by atoms with van der Waals surface area (Å²) in [5.41, 5.74) is 5.10. The Bertz CT molecular complexity index is 1250. The largest absolute Gasteiger partial charge is 0.335 e. The number of rotatable bonds is 5. The molecule has 1 atom stereocenters. The third-order valence-electron chi connectivity index (χ3n) is 6.22. The lowest BCUT2D eigenvalue weighted by molar-refractivity contribution is -0.122. The molecule has 0 saturated carbocycles. The fourth-order valence-electron chi connectivity index (χ4n) is 4.14. The number of nitrogens with zero attached hydrogens (tertiary/aromatic N) is 2.